The molecular formula is C103H113Br8Cl4MoN5O4W2-2. The van der Waals surface area contributed by atoms with Crippen molar-refractivity contribution in [1.29, 1.82) is 0 Å². The van der Waals surface area contributed by atoms with Crippen LogP contribution in [0.2, 0.25) is 20.1 Å². The normalized spacial score (nSPS) is 11.8. The van der Waals surface area contributed by atoms with Gasteiger partial charge in [-0.3, -0.25) is 0 Å². The summed E-state index contributed by atoms with van der Waals surface area (Å²) in [7, 11) is 0. The van der Waals surface area contributed by atoms with E-state index < -0.39 is 53.8 Å². The first-order chi connectivity index (χ1) is 59.7. The molecule has 0 saturated heterocycles. The van der Waals surface area contributed by atoms with Gasteiger partial charge in [0.2, 0.25) is 0 Å². The minimum Gasteiger partial charge on any atom is -0.665 e. The van der Waals surface area contributed by atoms with Crippen molar-refractivity contribution >= 4 is 204 Å². The number of hydrogen-bond donors (Lipinski definition) is 4. The van der Waals surface area contributed by atoms with Crippen LogP contribution in [0.25, 0.3) is 11.1 Å². The van der Waals surface area contributed by atoms with Gasteiger partial charge in [0.1, 0.15) is 23.0 Å². The fraction of sp³-hybridized carbons (Fsp3) is 0.311. The number of rotatable bonds is 10. The third-order valence-electron chi connectivity index (χ3n) is 19.8. The Labute approximate surface area is 866 Å². The first kappa shape index (κ1) is 112. The summed E-state index contributed by atoms with van der Waals surface area (Å²) < 4.78 is 27.8. The van der Waals surface area contributed by atoms with Crippen molar-refractivity contribution in [2.75, 3.05) is 0 Å². The summed E-state index contributed by atoms with van der Waals surface area (Å²) in [6, 6.07) is 62.5. The van der Waals surface area contributed by atoms with E-state index in [4.69, 9.17) is 49.9 Å². The van der Waals surface area contributed by atoms with Crippen LogP contribution in [0, 0.1) is 60.8 Å². The average Bonchev–Trinajstić information content (AvgIpc) is 1.03. The fourth-order valence-corrected chi connectivity index (χ4v) is 27.0. The number of fused-ring (bicyclic) bond motifs is 2. The SMILES string of the molecule is CC(C)(C)[CH]=[W]=[N]c1c(Cl)cccc1Cl.CC(C)([CH]=[W]=[N]c1c(Cl)cccc1Cl)c1ccccc1.CC(C)c1cccc(C(C)C)c1[N]=[Mo]=[CH]C(C)(C)c1ccccc1.Cc1c(Br)cc2c(c1-c1c(O)c(Br)cc3c1CCCC3)CCCC2.Cc1cc(Br)c(O)c(Br)c1.Cc1cc(Br)c(O)c(Br)c1.Cc1cc(Br)c(O)c(Br)c1.Cc1ccc(C)[n-]1.Cc1ccc(C)[n-]1. The van der Waals surface area contributed by atoms with Crippen LogP contribution in [0.15, 0.2) is 234 Å². The minimum atomic E-state index is -1.01. The third kappa shape index (κ3) is 36.6. The molecule has 12 aromatic rings. The van der Waals surface area contributed by atoms with Crippen molar-refractivity contribution < 1.29 is 74.2 Å². The van der Waals surface area contributed by atoms with Crippen LogP contribution >= 0.6 is 174 Å². The number of aromatic nitrogens is 2. The number of halogens is 12. The molecule has 127 heavy (non-hydrogen) atoms. The summed E-state index contributed by atoms with van der Waals surface area (Å²) in [6.45, 7) is 40.6. The zero-order valence-corrected chi connectivity index (χ0v) is 98.8. The van der Waals surface area contributed by atoms with Gasteiger partial charge in [-0.1, -0.05) is 67.9 Å². The van der Waals surface area contributed by atoms with Crippen LogP contribution in [0.3, 0.4) is 0 Å². The number of aryl methyl sites for hydroxylation is 9. The average molecular weight is 2730 g/mol. The molecule has 0 unspecified atom stereocenters. The van der Waals surface area contributed by atoms with E-state index in [1.807, 2.05) is 152 Å². The maximum Gasteiger partial charge on any atom is 0.143 e. The summed E-state index contributed by atoms with van der Waals surface area (Å²) in [5, 5.41) is 41.2. The smallest absolute Gasteiger partial charge is 0.143 e. The molecule has 24 heteroatoms. The molecule has 0 bridgehead atoms. The molecule has 0 atom stereocenters. The molecule has 10 aromatic carbocycles. The van der Waals surface area contributed by atoms with Gasteiger partial charge in [0.05, 0.1) is 31.3 Å². The van der Waals surface area contributed by atoms with Crippen LogP contribution in [-0.2, 0) is 90.3 Å². The Morgan fingerprint density at radius 3 is 1.02 bits per heavy atom. The monoisotopic (exact) mass is 2720 g/mol. The summed E-state index contributed by atoms with van der Waals surface area (Å²) in [4.78, 5) is 8.22. The van der Waals surface area contributed by atoms with Crippen molar-refractivity contribution in [3.8, 4) is 34.1 Å². The molecule has 9 nitrogen and oxygen atoms in total. The zero-order valence-electron chi connectivity index (χ0n) is 75.2. The predicted octanol–water partition coefficient (Wildman–Crippen LogP) is 35.9. The zero-order chi connectivity index (χ0) is 94.4. The Morgan fingerprint density at radius 2 is 0.685 bits per heavy atom. The van der Waals surface area contributed by atoms with E-state index in [0.717, 1.165) is 113 Å². The first-order valence-electron chi connectivity index (χ1n) is 41.4. The van der Waals surface area contributed by atoms with E-state index in [1.54, 1.807) is 0 Å². The van der Waals surface area contributed by atoms with Crippen molar-refractivity contribution in [2.45, 2.75) is 206 Å². The summed E-state index contributed by atoms with van der Waals surface area (Å²) in [5.41, 5.74) is 25.6. The van der Waals surface area contributed by atoms with Crippen LogP contribution in [0.5, 0.6) is 23.0 Å². The number of hydrogen-bond acceptors (Lipinski definition) is 7. The summed E-state index contributed by atoms with van der Waals surface area (Å²) in [5.74, 6) is 2.21. The van der Waals surface area contributed by atoms with E-state index in [9.17, 15) is 20.4 Å². The number of phenols is 4. The van der Waals surface area contributed by atoms with E-state index >= 15 is 0 Å². The number of nitrogens with zero attached hydrogens (tertiary/aromatic N) is 5. The van der Waals surface area contributed by atoms with Gasteiger partial charge < -0.3 is 30.4 Å². The van der Waals surface area contributed by atoms with E-state index in [-0.39, 0.29) is 33.5 Å². The number of aromatic hydroxyl groups is 4. The van der Waals surface area contributed by atoms with Gasteiger partial charge in [0.25, 0.3) is 0 Å². The van der Waals surface area contributed by atoms with Crippen molar-refractivity contribution in [1.82, 2.24) is 9.97 Å². The standard InChI is InChI=1S/C21H22Br2O.C12H17N.2C10H12.3C7H6Br2O.2C6H3Cl2N.2C6H8N.C5H10.Mo.2W/c1-12-17(22)10-13-6-2-4-8-15(13)19(12)20-16-9-5-3-7-14(16)11-18(23)21(20)24;1-8(2)10-6-5-7-11(9(3)4)12(10)13;2*1-10(2,3)9-7-5-4-6-8-9;3*1-4-2-5(8)7(10)6(9)3-4;2*7-4-2-1-3-5(8)6(4)9;2*1-5-3-4-6(2)7-5;1-5(2,3)4;;;/h10-11,24H,2-9H2,1H3;5-9H,1-4H3;2*1,4-8H,2-3H3;3*2-3,10H,1H3;2*1-3H;2*3-4H,1-2H3;1H,2-4H3;;;/q;;;;;;;;;2*-1;;;;. The quantitative estimate of drug-likeness (QED) is 0.100. The molecule has 2 heterocycles. The third-order valence-corrected chi connectivity index (χ3v) is 36.0. The van der Waals surface area contributed by atoms with E-state index in [0.29, 0.717) is 37.7 Å². The Balaban J connectivity index is 0.000000228. The molecule has 0 saturated carbocycles. The molecule has 2 aliphatic carbocycles. The molecule has 2 aromatic heterocycles. The maximum absolute atomic E-state index is 11.0. The topological polar surface area (TPSA) is 146 Å². The van der Waals surface area contributed by atoms with Gasteiger partial charge in [0, 0.05) is 10.0 Å². The number of benzene rings is 10. The van der Waals surface area contributed by atoms with Crippen molar-refractivity contribution in [2.24, 2.45) is 15.9 Å². The Hall–Kier alpha value is -3.97. The molecule has 2 aliphatic rings. The maximum atomic E-state index is 11.0. The van der Waals surface area contributed by atoms with Gasteiger partial charge in [-0.15, -0.1) is 0 Å². The number of phenolic OH excluding ortho intramolecular Hbond substituents is 4. The molecule has 678 valence electrons. The first-order valence-corrected chi connectivity index (χ1v) is 57.3. The molecule has 0 amide bonds. The largest absolute Gasteiger partial charge is 0.665 e. The van der Waals surface area contributed by atoms with Gasteiger partial charge in [-0.05, 0) is 289 Å². The summed E-state index contributed by atoms with van der Waals surface area (Å²) >= 11 is 48.5. The summed E-state index contributed by atoms with van der Waals surface area (Å²) in [6.07, 6.45) is 9.46. The van der Waals surface area contributed by atoms with Gasteiger partial charge in [-0.25, -0.2) is 0 Å². The molecule has 0 fully saturated rings. The van der Waals surface area contributed by atoms with Gasteiger partial charge in [0.15, 0.2) is 0 Å². The second-order valence-electron chi connectivity index (χ2n) is 33.5. The van der Waals surface area contributed by atoms with Crippen LogP contribution in [0.1, 0.15) is 203 Å². The van der Waals surface area contributed by atoms with Gasteiger partial charge in [-0.2, -0.15) is 22.8 Å². The fourth-order valence-electron chi connectivity index (χ4n) is 13.0. The second kappa shape index (κ2) is 54.5. The van der Waals surface area contributed by atoms with Crippen molar-refractivity contribution in [3.05, 3.63) is 333 Å². The Bertz CT molecular complexity index is 5490. The van der Waals surface area contributed by atoms with Gasteiger partial charge >= 0.3 is 403 Å². The molecular weight excluding hydrogens is 2620 g/mol. The Morgan fingerprint density at radius 1 is 0.370 bits per heavy atom. The van der Waals surface area contributed by atoms with Crippen LogP contribution < -0.4 is 9.97 Å². The Kier molecular flexibility index (Phi) is 48.0. The second-order valence-corrected chi connectivity index (χ2v) is 48.1. The molecule has 0 aliphatic heterocycles. The minimum absolute atomic E-state index is 0.0309. The molecule has 4 N–H and O–H groups in total. The van der Waals surface area contributed by atoms with Crippen LogP contribution in [0.4, 0.5) is 17.1 Å². The van der Waals surface area contributed by atoms with E-state index in [1.165, 1.54) is 91.5 Å². The molecule has 14 rings (SSSR count). The van der Waals surface area contributed by atoms with E-state index in [2.05, 4.69) is 326 Å². The van der Waals surface area contributed by atoms with Crippen molar-refractivity contribution in [3.63, 3.8) is 0 Å². The molecule has 0 spiro atoms. The van der Waals surface area contributed by atoms with Crippen LogP contribution in [-0.4, -0.2) is 33.6 Å². The molecule has 0 radical (unpaired) electrons. The predicted molar refractivity (Wildman–Crippen MR) is 561 cm³/mol.